The third-order valence-corrected chi connectivity index (χ3v) is 5.28. The average Bonchev–Trinajstić information content (AvgIpc) is 2.73. The molecule has 2 aromatic rings. The Morgan fingerprint density at radius 2 is 1.82 bits per heavy atom. The quantitative estimate of drug-likeness (QED) is 0.687. The molecular formula is C22H24ClNO4. The molecule has 1 heterocycles. The molecule has 0 spiro atoms. The zero-order valence-corrected chi connectivity index (χ0v) is 16.7. The summed E-state index contributed by atoms with van der Waals surface area (Å²) >= 11 is 5.94. The van der Waals surface area contributed by atoms with E-state index in [-0.39, 0.29) is 18.1 Å². The summed E-state index contributed by atoms with van der Waals surface area (Å²) in [5, 5.41) is 0.402. The summed E-state index contributed by atoms with van der Waals surface area (Å²) in [7, 11) is 1.46. The number of nitrogens with zero attached hydrogens (tertiary/aromatic N) is 1. The summed E-state index contributed by atoms with van der Waals surface area (Å²) in [5.74, 6) is 0.146. The predicted molar refractivity (Wildman–Crippen MR) is 108 cm³/mol. The number of amides is 1. The van der Waals surface area contributed by atoms with Crippen LogP contribution >= 0.6 is 11.6 Å². The molecule has 1 saturated heterocycles. The summed E-state index contributed by atoms with van der Waals surface area (Å²) in [5.41, 5.74) is 1.54. The summed E-state index contributed by atoms with van der Waals surface area (Å²) in [6.07, 6.45) is 2.94. The molecular weight excluding hydrogens is 378 g/mol. The van der Waals surface area contributed by atoms with Gasteiger partial charge >= 0.3 is 5.97 Å². The largest absolute Gasteiger partial charge is 0.496 e. The van der Waals surface area contributed by atoms with Gasteiger partial charge in [-0.25, -0.2) is 4.79 Å². The predicted octanol–water partition coefficient (Wildman–Crippen LogP) is 3.99. The van der Waals surface area contributed by atoms with Crippen LogP contribution in [0, 0.1) is 5.92 Å². The molecule has 1 fully saturated rings. The Kier molecular flexibility index (Phi) is 6.93. The van der Waals surface area contributed by atoms with Gasteiger partial charge in [-0.05, 0) is 48.9 Å². The third-order valence-electron chi connectivity index (χ3n) is 5.04. The zero-order valence-electron chi connectivity index (χ0n) is 15.9. The molecule has 0 aromatic heterocycles. The van der Waals surface area contributed by atoms with E-state index in [0.717, 1.165) is 19.3 Å². The highest BCUT2D eigenvalue weighted by Crippen LogP contribution is 2.24. The number of hydrogen-bond acceptors (Lipinski definition) is 4. The Balaban J connectivity index is 1.47. The smallest absolute Gasteiger partial charge is 0.342 e. The number of carbonyl (C=O) groups is 2. The molecule has 0 saturated carbocycles. The molecule has 5 nitrogen and oxygen atoms in total. The molecule has 1 amide bonds. The lowest BCUT2D eigenvalue weighted by Crippen LogP contribution is -2.41. The summed E-state index contributed by atoms with van der Waals surface area (Å²) in [4.78, 5) is 26.5. The van der Waals surface area contributed by atoms with Gasteiger partial charge in [0, 0.05) is 18.1 Å². The minimum Gasteiger partial charge on any atom is -0.496 e. The standard InChI is InChI=1S/C22H24ClNO4/c1-27-20-8-7-18(23)14-19(20)22(26)28-15-21(25)24-11-9-17(10-12-24)13-16-5-3-2-4-6-16/h2-8,14,17H,9-13,15H2,1H3. The van der Waals surface area contributed by atoms with Crippen molar-refractivity contribution in [3.63, 3.8) is 0 Å². The van der Waals surface area contributed by atoms with Crippen molar-refractivity contribution >= 4 is 23.5 Å². The number of rotatable bonds is 6. The van der Waals surface area contributed by atoms with Gasteiger partial charge in [0.05, 0.1) is 7.11 Å². The second kappa shape index (κ2) is 9.60. The maximum Gasteiger partial charge on any atom is 0.342 e. The summed E-state index contributed by atoms with van der Waals surface area (Å²) in [6, 6.07) is 15.1. The molecule has 2 aromatic carbocycles. The number of esters is 1. The SMILES string of the molecule is COc1ccc(Cl)cc1C(=O)OCC(=O)N1CCC(Cc2ccccc2)CC1. The van der Waals surface area contributed by atoms with Gasteiger partial charge in [-0.2, -0.15) is 0 Å². The number of carbonyl (C=O) groups excluding carboxylic acids is 2. The zero-order chi connectivity index (χ0) is 19.9. The van der Waals surface area contributed by atoms with Gasteiger partial charge in [0.2, 0.25) is 0 Å². The van der Waals surface area contributed by atoms with E-state index >= 15 is 0 Å². The first kappa shape index (κ1) is 20.2. The molecule has 148 valence electrons. The molecule has 0 N–H and O–H groups in total. The topological polar surface area (TPSA) is 55.8 Å². The Morgan fingerprint density at radius 1 is 1.11 bits per heavy atom. The number of halogens is 1. The lowest BCUT2D eigenvalue weighted by molar-refractivity contribution is -0.135. The van der Waals surface area contributed by atoms with Gasteiger partial charge in [0.1, 0.15) is 11.3 Å². The number of ether oxygens (including phenoxy) is 2. The number of piperidine rings is 1. The van der Waals surface area contributed by atoms with Crippen molar-refractivity contribution in [1.29, 1.82) is 0 Å². The number of hydrogen-bond donors (Lipinski definition) is 0. The third kappa shape index (κ3) is 5.26. The van der Waals surface area contributed by atoms with Crippen LogP contribution in [0.5, 0.6) is 5.75 Å². The van der Waals surface area contributed by atoms with Crippen LogP contribution in [0.15, 0.2) is 48.5 Å². The van der Waals surface area contributed by atoms with Crippen molar-refractivity contribution in [1.82, 2.24) is 4.90 Å². The van der Waals surface area contributed by atoms with Crippen LogP contribution in [0.3, 0.4) is 0 Å². The highest BCUT2D eigenvalue weighted by atomic mass is 35.5. The fourth-order valence-corrected chi connectivity index (χ4v) is 3.64. The van der Waals surface area contributed by atoms with E-state index in [1.54, 1.807) is 17.0 Å². The fourth-order valence-electron chi connectivity index (χ4n) is 3.47. The lowest BCUT2D eigenvalue weighted by atomic mass is 9.90. The van der Waals surface area contributed by atoms with Crippen LogP contribution in [0.1, 0.15) is 28.8 Å². The van der Waals surface area contributed by atoms with Gasteiger partial charge in [-0.1, -0.05) is 41.9 Å². The van der Waals surface area contributed by atoms with Gasteiger partial charge < -0.3 is 14.4 Å². The Bertz CT molecular complexity index is 817. The highest BCUT2D eigenvalue weighted by Gasteiger charge is 2.24. The lowest BCUT2D eigenvalue weighted by Gasteiger charge is -2.32. The van der Waals surface area contributed by atoms with E-state index in [0.29, 0.717) is 29.8 Å². The van der Waals surface area contributed by atoms with Crippen LogP contribution in [0.25, 0.3) is 0 Å². The Hall–Kier alpha value is -2.53. The van der Waals surface area contributed by atoms with E-state index in [1.165, 1.54) is 18.7 Å². The second-order valence-corrected chi connectivity index (χ2v) is 7.37. The minimum absolute atomic E-state index is 0.174. The van der Waals surface area contributed by atoms with Gasteiger partial charge in [-0.15, -0.1) is 0 Å². The van der Waals surface area contributed by atoms with Gasteiger partial charge in [0.25, 0.3) is 5.91 Å². The molecule has 1 aliphatic heterocycles. The molecule has 6 heteroatoms. The molecule has 0 atom stereocenters. The average molecular weight is 402 g/mol. The van der Waals surface area contributed by atoms with Crippen LogP contribution in [0.4, 0.5) is 0 Å². The minimum atomic E-state index is -0.619. The fraction of sp³-hybridized carbons (Fsp3) is 0.364. The number of methoxy groups -OCH3 is 1. The number of likely N-dealkylation sites (tertiary alicyclic amines) is 1. The molecule has 1 aliphatic rings. The number of benzene rings is 2. The monoisotopic (exact) mass is 401 g/mol. The highest BCUT2D eigenvalue weighted by molar-refractivity contribution is 6.31. The van der Waals surface area contributed by atoms with E-state index in [4.69, 9.17) is 21.1 Å². The summed E-state index contributed by atoms with van der Waals surface area (Å²) in [6.45, 7) is 1.10. The van der Waals surface area contributed by atoms with Crippen molar-refractivity contribution in [2.24, 2.45) is 5.92 Å². The van der Waals surface area contributed by atoms with E-state index < -0.39 is 5.97 Å². The normalized spacial score (nSPS) is 14.6. The Labute approximate surface area is 170 Å². The molecule has 3 rings (SSSR count). The van der Waals surface area contributed by atoms with Crippen LogP contribution in [-0.2, 0) is 16.0 Å². The van der Waals surface area contributed by atoms with Crippen LogP contribution in [-0.4, -0.2) is 43.6 Å². The maximum absolute atomic E-state index is 12.4. The molecule has 0 bridgehead atoms. The second-order valence-electron chi connectivity index (χ2n) is 6.93. The van der Waals surface area contributed by atoms with Gasteiger partial charge in [-0.3, -0.25) is 4.79 Å². The van der Waals surface area contributed by atoms with E-state index in [9.17, 15) is 9.59 Å². The van der Waals surface area contributed by atoms with Gasteiger partial charge in [0.15, 0.2) is 6.61 Å². The van der Waals surface area contributed by atoms with Crippen molar-refractivity contribution in [3.8, 4) is 5.75 Å². The van der Waals surface area contributed by atoms with E-state index in [1.807, 2.05) is 6.07 Å². The van der Waals surface area contributed by atoms with Crippen molar-refractivity contribution in [2.45, 2.75) is 19.3 Å². The first-order valence-electron chi connectivity index (χ1n) is 9.39. The first-order valence-corrected chi connectivity index (χ1v) is 9.77. The first-order chi connectivity index (χ1) is 13.6. The van der Waals surface area contributed by atoms with E-state index in [2.05, 4.69) is 24.3 Å². The van der Waals surface area contributed by atoms with Crippen LogP contribution in [0.2, 0.25) is 5.02 Å². The van der Waals surface area contributed by atoms with Crippen molar-refractivity contribution in [3.05, 3.63) is 64.7 Å². The summed E-state index contributed by atoms with van der Waals surface area (Å²) < 4.78 is 10.3. The molecule has 0 aliphatic carbocycles. The maximum atomic E-state index is 12.4. The molecule has 0 unspecified atom stereocenters. The molecule has 28 heavy (non-hydrogen) atoms. The van der Waals surface area contributed by atoms with Crippen LogP contribution < -0.4 is 4.74 Å². The Morgan fingerprint density at radius 3 is 2.50 bits per heavy atom. The molecule has 0 radical (unpaired) electrons. The van der Waals surface area contributed by atoms with Crippen molar-refractivity contribution < 1.29 is 19.1 Å². The van der Waals surface area contributed by atoms with Crippen molar-refractivity contribution in [2.75, 3.05) is 26.8 Å².